The van der Waals surface area contributed by atoms with Gasteiger partial charge in [-0.05, 0) is 6.92 Å². The third-order valence-electron chi connectivity index (χ3n) is 2.33. The Morgan fingerprint density at radius 2 is 2.29 bits per heavy atom. The van der Waals surface area contributed by atoms with Crippen molar-refractivity contribution in [2.45, 2.75) is 19.8 Å². The lowest BCUT2D eigenvalue weighted by Crippen LogP contribution is -2.12. The first-order valence-corrected chi connectivity index (χ1v) is 6.27. The standard InChI is InChI=1S/C11H15N5S/c1-7(10-13-3-4-17-10)6-14-9-5-8(2)15-11(12)16-9/h3-5,7H,6H2,1-2H3,(H3,12,14,15,16). The smallest absolute Gasteiger partial charge is 0.222 e. The van der Waals surface area contributed by atoms with Crippen molar-refractivity contribution in [1.29, 1.82) is 0 Å². The van der Waals surface area contributed by atoms with E-state index in [4.69, 9.17) is 5.73 Å². The summed E-state index contributed by atoms with van der Waals surface area (Å²) in [6.45, 7) is 4.81. The molecule has 3 N–H and O–H groups in total. The van der Waals surface area contributed by atoms with Gasteiger partial charge in [0, 0.05) is 35.8 Å². The molecule has 2 aromatic heterocycles. The van der Waals surface area contributed by atoms with Crippen LogP contribution in [0.4, 0.5) is 11.8 Å². The van der Waals surface area contributed by atoms with Gasteiger partial charge in [-0.1, -0.05) is 6.92 Å². The number of hydrogen-bond acceptors (Lipinski definition) is 6. The van der Waals surface area contributed by atoms with Gasteiger partial charge in [-0.2, -0.15) is 4.98 Å². The van der Waals surface area contributed by atoms with E-state index < -0.39 is 0 Å². The molecule has 0 amide bonds. The highest BCUT2D eigenvalue weighted by Gasteiger charge is 2.08. The fourth-order valence-corrected chi connectivity index (χ4v) is 2.20. The highest BCUT2D eigenvalue weighted by atomic mass is 32.1. The molecule has 5 nitrogen and oxygen atoms in total. The lowest BCUT2D eigenvalue weighted by atomic mass is 10.2. The van der Waals surface area contributed by atoms with Crippen LogP contribution in [0.3, 0.4) is 0 Å². The van der Waals surface area contributed by atoms with E-state index in [0.29, 0.717) is 11.9 Å². The van der Waals surface area contributed by atoms with Crippen molar-refractivity contribution in [2.24, 2.45) is 0 Å². The van der Waals surface area contributed by atoms with Crippen molar-refractivity contribution < 1.29 is 0 Å². The van der Waals surface area contributed by atoms with E-state index in [1.807, 2.05) is 24.6 Å². The van der Waals surface area contributed by atoms with Crippen LogP contribution in [0.15, 0.2) is 17.6 Å². The summed E-state index contributed by atoms with van der Waals surface area (Å²) in [5, 5.41) is 6.36. The lowest BCUT2D eigenvalue weighted by Gasteiger charge is -2.11. The molecule has 0 fully saturated rings. The van der Waals surface area contributed by atoms with Crippen LogP contribution in [0.2, 0.25) is 0 Å². The number of hydrogen-bond donors (Lipinski definition) is 2. The average molecular weight is 249 g/mol. The summed E-state index contributed by atoms with van der Waals surface area (Å²) in [7, 11) is 0. The van der Waals surface area contributed by atoms with Crippen LogP contribution in [0.1, 0.15) is 23.5 Å². The Bertz CT molecular complexity index is 462. The van der Waals surface area contributed by atoms with Gasteiger partial charge in [0.05, 0.1) is 5.01 Å². The van der Waals surface area contributed by atoms with Gasteiger partial charge in [-0.15, -0.1) is 11.3 Å². The molecule has 2 rings (SSSR count). The Balaban J connectivity index is 1.98. The second-order valence-electron chi connectivity index (χ2n) is 3.91. The van der Waals surface area contributed by atoms with Crippen molar-refractivity contribution in [2.75, 3.05) is 17.6 Å². The molecule has 1 unspecified atom stereocenters. The number of nitrogens with one attached hydrogen (secondary N) is 1. The minimum absolute atomic E-state index is 0.300. The van der Waals surface area contributed by atoms with Gasteiger partial charge in [-0.25, -0.2) is 9.97 Å². The Hall–Kier alpha value is -1.69. The quantitative estimate of drug-likeness (QED) is 0.867. The number of rotatable bonds is 4. The van der Waals surface area contributed by atoms with Crippen LogP contribution in [0, 0.1) is 6.92 Å². The van der Waals surface area contributed by atoms with Crippen LogP contribution >= 0.6 is 11.3 Å². The molecule has 1 atom stereocenters. The topological polar surface area (TPSA) is 76.7 Å². The Morgan fingerprint density at radius 1 is 1.47 bits per heavy atom. The Labute approximate surface area is 104 Å². The Morgan fingerprint density at radius 3 is 2.94 bits per heavy atom. The van der Waals surface area contributed by atoms with Gasteiger partial charge in [0.2, 0.25) is 5.95 Å². The van der Waals surface area contributed by atoms with Crippen molar-refractivity contribution in [3.05, 3.63) is 28.3 Å². The number of nitrogens with zero attached hydrogens (tertiary/aromatic N) is 3. The molecular weight excluding hydrogens is 234 g/mol. The first kappa shape index (κ1) is 11.8. The second-order valence-corrected chi connectivity index (χ2v) is 4.83. The molecule has 0 bridgehead atoms. The zero-order valence-corrected chi connectivity index (χ0v) is 10.7. The first-order valence-electron chi connectivity index (χ1n) is 5.39. The van der Waals surface area contributed by atoms with Crippen LogP contribution < -0.4 is 11.1 Å². The zero-order valence-electron chi connectivity index (χ0n) is 9.84. The molecule has 0 aliphatic rings. The number of nitrogen functional groups attached to an aromatic ring is 1. The van der Waals surface area contributed by atoms with E-state index in [2.05, 4.69) is 27.2 Å². The number of aryl methyl sites for hydroxylation is 1. The summed E-state index contributed by atoms with van der Waals surface area (Å²) < 4.78 is 0. The normalized spacial score (nSPS) is 12.4. The van der Waals surface area contributed by atoms with Crippen molar-refractivity contribution in [3.8, 4) is 0 Å². The van der Waals surface area contributed by atoms with Gasteiger partial charge in [0.15, 0.2) is 0 Å². The first-order chi connectivity index (χ1) is 8.15. The SMILES string of the molecule is Cc1cc(NCC(C)c2nccs2)nc(N)n1. The van der Waals surface area contributed by atoms with Crippen molar-refractivity contribution in [1.82, 2.24) is 15.0 Å². The second kappa shape index (κ2) is 5.09. The van der Waals surface area contributed by atoms with E-state index in [1.54, 1.807) is 11.3 Å². The number of thiazole rings is 1. The van der Waals surface area contributed by atoms with Gasteiger partial charge in [-0.3, -0.25) is 0 Å². The van der Waals surface area contributed by atoms with Crippen LogP contribution in [0.25, 0.3) is 0 Å². The van der Waals surface area contributed by atoms with Crippen LogP contribution in [-0.2, 0) is 0 Å². The third-order valence-corrected chi connectivity index (χ3v) is 3.34. The summed E-state index contributed by atoms with van der Waals surface area (Å²) in [5.41, 5.74) is 6.45. The highest BCUT2D eigenvalue weighted by molar-refractivity contribution is 7.09. The molecule has 0 saturated carbocycles. The molecule has 90 valence electrons. The van der Waals surface area contributed by atoms with Gasteiger partial charge < -0.3 is 11.1 Å². The maximum Gasteiger partial charge on any atom is 0.222 e. The molecule has 2 heterocycles. The van der Waals surface area contributed by atoms with Gasteiger partial charge in [0.25, 0.3) is 0 Å². The molecule has 0 spiro atoms. The summed E-state index contributed by atoms with van der Waals surface area (Å²) >= 11 is 1.66. The average Bonchev–Trinajstić information content (AvgIpc) is 2.78. The number of anilines is 2. The maximum absolute atomic E-state index is 5.59. The van der Waals surface area contributed by atoms with Gasteiger partial charge >= 0.3 is 0 Å². The Kier molecular flexibility index (Phi) is 3.53. The summed E-state index contributed by atoms with van der Waals surface area (Å²) in [6, 6.07) is 1.88. The minimum Gasteiger partial charge on any atom is -0.369 e. The molecule has 0 radical (unpaired) electrons. The summed E-state index contributed by atoms with van der Waals surface area (Å²) in [4.78, 5) is 12.4. The predicted octanol–water partition coefficient (Wildman–Crippen LogP) is 2.04. The fraction of sp³-hybridized carbons (Fsp3) is 0.364. The largest absolute Gasteiger partial charge is 0.369 e. The van der Waals surface area contributed by atoms with E-state index in [0.717, 1.165) is 23.1 Å². The monoisotopic (exact) mass is 249 g/mol. The van der Waals surface area contributed by atoms with E-state index in [9.17, 15) is 0 Å². The molecule has 0 saturated heterocycles. The van der Waals surface area contributed by atoms with Crippen LogP contribution in [0.5, 0.6) is 0 Å². The zero-order chi connectivity index (χ0) is 12.3. The molecule has 17 heavy (non-hydrogen) atoms. The van der Waals surface area contributed by atoms with Gasteiger partial charge in [0.1, 0.15) is 5.82 Å². The molecule has 0 aromatic carbocycles. The van der Waals surface area contributed by atoms with Crippen molar-refractivity contribution >= 4 is 23.1 Å². The van der Waals surface area contributed by atoms with Crippen LogP contribution in [-0.4, -0.2) is 21.5 Å². The molecule has 0 aliphatic carbocycles. The van der Waals surface area contributed by atoms with E-state index >= 15 is 0 Å². The summed E-state index contributed by atoms with van der Waals surface area (Å²) in [6.07, 6.45) is 1.82. The molecule has 2 aromatic rings. The van der Waals surface area contributed by atoms with E-state index in [-0.39, 0.29) is 0 Å². The lowest BCUT2D eigenvalue weighted by molar-refractivity contribution is 0.791. The molecular formula is C11H15N5S. The number of nitrogens with two attached hydrogens (primary N) is 1. The summed E-state index contributed by atoms with van der Waals surface area (Å²) in [5.74, 6) is 1.42. The number of aromatic nitrogens is 3. The maximum atomic E-state index is 5.59. The molecule has 6 heteroatoms. The predicted molar refractivity (Wildman–Crippen MR) is 70.2 cm³/mol. The molecule has 0 aliphatic heterocycles. The highest BCUT2D eigenvalue weighted by Crippen LogP contribution is 2.18. The van der Waals surface area contributed by atoms with E-state index in [1.165, 1.54) is 0 Å². The van der Waals surface area contributed by atoms with Crippen molar-refractivity contribution in [3.63, 3.8) is 0 Å². The third kappa shape index (κ3) is 3.13. The minimum atomic E-state index is 0.300. The fourth-order valence-electron chi connectivity index (χ4n) is 1.50.